The van der Waals surface area contributed by atoms with Crippen LogP contribution in [0.5, 0.6) is 0 Å². The standard InChI is InChI=1S/C10H18N2O4/c1-6(8(14)15)12-7(13)5-11-9(16)10(2,3)4/h6H,5H2,1-4H3,(H,11,16)(H,12,13)(H,14,15)/t6-/m1/s1. The fraction of sp³-hybridized carbons (Fsp3) is 0.700. The van der Waals surface area contributed by atoms with E-state index in [1.165, 1.54) is 6.92 Å². The third-order valence-electron chi connectivity index (χ3n) is 1.84. The van der Waals surface area contributed by atoms with Gasteiger partial charge in [-0.2, -0.15) is 0 Å². The first kappa shape index (κ1) is 14.4. The molecule has 0 radical (unpaired) electrons. The molecule has 2 amide bonds. The van der Waals surface area contributed by atoms with Gasteiger partial charge in [-0.3, -0.25) is 14.4 Å². The lowest BCUT2D eigenvalue weighted by molar-refractivity contribution is -0.141. The summed E-state index contributed by atoms with van der Waals surface area (Å²) in [4.78, 5) is 33.0. The van der Waals surface area contributed by atoms with Crippen molar-refractivity contribution in [2.75, 3.05) is 6.54 Å². The van der Waals surface area contributed by atoms with Gasteiger partial charge in [0.25, 0.3) is 0 Å². The third-order valence-corrected chi connectivity index (χ3v) is 1.84. The minimum Gasteiger partial charge on any atom is -0.480 e. The Balaban J connectivity index is 4.01. The monoisotopic (exact) mass is 230 g/mol. The molecule has 0 saturated heterocycles. The maximum Gasteiger partial charge on any atom is 0.325 e. The molecule has 6 heteroatoms. The predicted octanol–water partition coefficient (Wildman–Crippen LogP) is -0.262. The molecule has 0 aromatic carbocycles. The van der Waals surface area contributed by atoms with Crippen molar-refractivity contribution in [3.63, 3.8) is 0 Å². The molecule has 3 N–H and O–H groups in total. The maximum atomic E-state index is 11.4. The number of rotatable bonds is 4. The van der Waals surface area contributed by atoms with Gasteiger partial charge in [-0.1, -0.05) is 20.8 Å². The zero-order valence-electron chi connectivity index (χ0n) is 9.96. The summed E-state index contributed by atoms with van der Waals surface area (Å²) < 4.78 is 0. The molecule has 0 aliphatic rings. The largest absolute Gasteiger partial charge is 0.480 e. The van der Waals surface area contributed by atoms with Gasteiger partial charge in [0.1, 0.15) is 6.04 Å². The Morgan fingerprint density at radius 2 is 1.75 bits per heavy atom. The molecule has 0 fully saturated rings. The Bertz CT molecular complexity index is 294. The fourth-order valence-corrected chi connectivity index (χ4v) is 0.780. The van der Waals surface area contributed by atoms with E-state index in [9.17, 15) is 14.4 Å². The molecule has 92 valence electrons. The number of carboxylic acids is 1. The highest BCUT2D eigenvalue weighted by Crippen LogP contribution is 2.11. The third kappa shape index (κ3) is 5.33. The van der Waals surface area contributed by atoms with Gasteiger partial charge >= 0.3 is 5.97 Å². The summed E-state index contributed by atoms with van der Waals surface area (Å²) >= 11 is 0. The number of aliphatic carboxylic acids is 1. The topological polar surface area (TPSA) is 95.5 Å². The highest BCUT2D eigenvalue weighted by molar-refractivity contribution is 5.89. The van der Waals surface area contributed by atoms with Gasteiger partial charge in [-0.05, 0) is 6.92 Å². The van der Waals surface area contributed by atoms with Gasteiger partial charge < -0.3 is 15.7 Å². The molecule has 0 aromatic rings. The van der Waals surface area contributed by atoms with Crippen molar-refractivity contribution in [3.8, 4) is 0 Å². The van der Waals surface area contributed by atoms with Crippen LogP contribution in [0.25, 0.3) is 0 Å². The van der Waals surface area contributed by atoms with Crippen LogP contribution in [0.2, 0.25) is 0 Å². The lowest BCUT2D eigenvalue weighted by Crippen LogP contribution is -2.46. The first-order chi connectivity index (χ1) is 7.14. The van der Waals surface area contributed by atoms with Crippen molar-refractivity contribution in [2.45, 2.75) is 33.7 Å². The van der Waals surface area contributed by atoms with Crippen molar-refractivity contribution in [2.24, 2.45) is 5.41 Å². The van der Waals surface area contributed by atoms with Crippen molar-refractivity contribution < 1.29 is 19.5 Å². The van der Waals surface area contributed by atoms with Crippen LogP contribution >= 0.6 is 0 Å². The second kappa shape index (κ2) is 5.48. The molecular formula is C10H18N2O4. The molecule has 0 heterocycles. The van der Waals surface area contributed by atoms with Crippen LogP contribution in [0.3, 0.4) is 0 Å². The molecular weight excluding hydrogens is 212 g/mol. The first-order valence-corrected chi connectivity index (χ1v) is 4.95. The number of carboxylic acid groups (broad SMARTS) is 1. The van der Waals surface area contributed by atoms with Crippen molar-refractivity contribution in [3.05, 3.63) is 0 Å². The highest BCUT2D eigenvalue weighted by atomic mass is 16.4. The molecule has 0 saturated carbocycles. The van der Waals surface area contributed by atoms with E-state index in [-0.39, 0.29) is 12.5 Å². The smallest absolute Gasteiger partial charge is 0.325 e. The zero-order valence-corrected chi connectivity index (χ0v) is 9.96. The van der Waals surface area contributed by atoms with E-state index in [2.05, 4.69) is 10.6 Å². The predicted molar refractivity (Wildman–Crippen MR) is 57.7 cm³/mol. The SMILES string of the molecule is C[C@@H](NC(=O)CNC(=O)C(C)(C)C)C(=O)O. The Kier molecular flexibility index (Phi) is 4.94. The van der Waals surface area contributed by atoms with Crippen LogP contribution in [-0.4, -0.2) is 35.5 Å². The van der Waals surface area contributed by atoms with E-state index in [1.807, 2.05) is 0 Å². The summed E-state index contributed by atoms with van der Waals surface area (Å²) in [6.45, 7) is 6.31. The molecule has 0 aliphatic carbocycles. The fourth-order valence-electron chi connectivity index (χ4n) is 0.780. The van der Waals surface area contributed by atoms with Gasteiger partial charge in [0.15, 0.2) is 0 Å². The average molecular weight is 230 g/mol. The molecule has 0 unspecified atom stereocenters. The quantitative estimate of drug-likeness (QED) is 0.620. The molecule has 6 nitrogen and oxygen atoms in total. The Morgan fingerprint density at radius 3 is 2.12 bits per heavy atom. The Labute approximate surface area is 94.4 Å². The number of carbonyl (C=O) groups is 3. The maximum absolute atomic E-state index is 11.4. The van der Waals surface area contributed by atoms with E-state index >= 15 is 0 Å². The summed E-state index contributed by atoms with van der Waals surface area (Å²) in [7, 11) is 0. The molecule has 1 atom stereocenters. The summed E-state index contributed by atoms with van der Waals surface area (Å²) in [5, 5.41) is 13.2. The van der Waals surface area contributed by atoms with Crippen molar-refractivity contribution >= 4 is 17.8 Å². The molecule has 0 spiro atoms. The summed E-state index contributed by atoms with van der Waals surface area (Å²) in [5.41, 5.74) is -0.571. The van der Waals surface area contributed by atoms with Gasteiger partial charge in [0.05, 0.1) is 6.54 Å². The van der Waals surface area contributed by atoms with Crippen LogP contribution in [0.1, 0.15) is 27.7 Å². The minimum atomic E-state index is -1.12. The van der Waals surface area contributed by atoms with Gasteiger partial charge in [-0.15, -0.1) is 0 Å². The van der Waals surface area contributed by atoms with Gasteiger partial charge in [-0.25, -0.2) is 0 Å². The lowest BCUT2D eigenvalue weighted by Gasteiger charge is -2.17. The Hall–Kier alpha value is -1.59. The average Bonchev–Trinajstić information content (AvgIpc) is 2.12. The molecule has 0 aromatic heterocycles. The van der Waals surface area contributed by atoms with E-state index in [0.29, 0.717) is 0 Å². The van der Waals surface area contributed by atoms with E-state index in [4.69, 9.17) is 5.11 Å². The van der Waals surface area contributed by atoms with E-state index in [1.54, 1.807) is 20.8 Å². The molecule has 16 heavy (non-hydrogen) atoms. The summed E-state index contributed by atoms with van der Waals surface area (Å²) in [5.74, 6) is -1.89. The van der Waals surface area contributed by atoms with Crippen LogP contribution in [0.4, 0.5) is 0 Å². The van der Waals surface area contributed by atoms with Crippen molar-refractivity contribution in [1.82, 2.24) is 10.6 Å². The number of amides is 2. The first-order valence-electron chi connectivity index (χ1n) is 4.95. The number of nitrogens with one attached hydrogen (secondary N) is 2. The van der Waals surface area contributed by atoms with E-state index < -0.39 is 23.3 Å². The number of hydrogen-bond acceptors (Lipinski definition) is 3. The minimum absolute atomic E-state index is 0.215. The number of hydrogen-bond donors (Lipinski definition) is 3. The highest BCUT2D eigenvalue weighted by Gasteiger charge is 2.22. The number of carbonyl (C=O) groups excluding carboxylic acids is 2. The molecule has 0 rings (SSSR count). The van der Waals surface area contributed by atoms with Crippen LogP contribution in [0.15, 0.2) is 0 Å². The second-order valence-corrected chi connectivity index (χ2v) is 4.56. The summed E-state index contributed by atoms with van der Waals surface area (Å²) in [6.07, 6.45) is 0. The van der Waals surface area contributed by atoms with Crippen molar-refractivity contribution in [1.29, 1.82) is 0 Å². The van der Waals surface area contributed by atoms with E-state index in [0.717, 1.165) is 0 Å². The zero-order chi connectivity index (χ0) is 12.9. The molecule has 0 aliphatic heterocycles. The normalized spacial score (nSPS) is 12.8. The summed E-state index contributed by atoms with van der Waals surface area (Å²) in [6, 6.07) is -0.959. The second-order valence-electron chi connectivity index (χ2n) is 4.56. The lowest BCUT2D eigenvalue weighted by atomic mass is 9.96. The van der Waals surface area contributed by atoms with Gasteiger partial charge in [0.2, 0.25) is 11.8 Å². The molecule has 0 bridgehead atoms. The van der Waals surface area contributed by atoms with Crippen LogP contribution in [-0.2, 0) is 14.4 Å². The van der Waals surface area contributed by atoms with Crippen LogP contribution < -0.4 is 10.6 Å². The Morgan fingerprint density at radius 1 is 1.25 bits per heavy atom. The van der Waals surface area contributed by atoms with Crippen LogP contribution in [0, 0.1) is 5.41 Å². The van der Waals surface area contributed by atoms with Gasteiger partial charge in [0, 0.05) is 5.41 Å².